The Kier molecular flexibility index (Phi) is 7.23. The van der Waals surface area contributed by atoms with E-state index in [1.54, 1.807) is 12.1 Å². The van der Waals surface area contributed by atoms with E-state index in [4.69, 9.17) is 4.74 Å². The van der Waals surface area contributed by atoms with Gasteiger partial charge in [0.05, 0.1) is 6.21 Å². The van der Waals surface area contributed by atoms with Crippen LogP contribution in [0, 0.1) is 13.8 Å². The number of aromatic hydroxyl groups is 1. The van der Waals surface area contributed by atoms with Gasteiger partial charge >= 0.3 is 0 Å². The molecule has 144 valence electrons. The zero-order valence-corrected chi connectivity index (χ0v) is 16.3. The molecule has 2 N–H and O–H groups in total. The molecule has 0 unspecified atom stereocenters. The van der Waals surface area contributed by atoms with E-state index in [9.17, 15) is 9.90 Å². The monoisotopic (exact) mass is 369 g/mol. The smallest absolute Gasteiger partial charge is 0.277 e. The van der Waals surface area contributed by atoms with Crippen molar-refractivity contribution < 1.29 is 14.6 Å². The molecule has 0 aliphatic heterocycles. The second-order valence-electron chi connectivity index (χ2n) is 6.22. The van der Waals surface area contributed by atoms with Crippen molar-refractivity contribution in [1.82, 2.24) is 5.43 Å². The van der Waals surface area contributed by atoms with Crippen LogP contribution >= 0.6 is 0 Å². The zero-order chi connectivity index (χ0) is 19.8. The molecular formula is C21H27N3O3. The number of hydrogen-bond acceptors (Lipinski definition) is 5. The van der Waals surface area contributed by atoms with Gasteiger partial charge in [-0.05, 0) is 51.0 Å². The van der Waals surface area contributed by atoms with Crippen LogP contribution < -0.4 is 15.1 Å². The number of ether oxygens (including phenoxy) is 1. The number of anilines is 1. The number of hydrogen-bond donors (Lipinski definition) is 2. The van der Waals surface area contributed by atoms with Crippen molar-refractivity contribution in [3.8, 4) is 11.5 Å². The molecular weight excluding hydrogens is 342 g/mol. The molecule has 0 saturated heterocycles. The van der Waals surface area contributed by atoms with E-state index in [0.717, 1.165) is 29.9 Å². The first-order valence-corrected chi connectivity index (χ1v) is 9.05. The number of carbonyl (C=O) groups is 1. The van der Waals surface area contributed by atoms with Crippen LogP contribution in [0.3, 0.4) is 0 Å². The molecule has 0 fully saturated rings. The SMILES string of the molecule is CCN(CC)c1ccc(/C=N\NC(=O)COc2c(C)cccc2C)c(O)c1. The number of benzene rings is 2. The molecule has 2 aromatic carbocycles. The maximum absolute atomic E-state index is 11.9. The van der Waals surface area contributed by atoms with Crippen LogP contribution in [-0.4, -0.2) is 36.9 Å². The van der Waals surface area contributed by atoms with Crippen LogP contribution in [0.15, 0.2) is 41.5 Å². The third kappa shape index (κ3) is 5.48. The molecule has 0 spiro atoms. The van der Waals surface area contributed by atoms with E-state index >= 15 is 0 Å². The van der Waals surface area contributed by atoms with Gasteiger partial charge in [0.1, 0.15) is 11.5 Å². The highest BCUT2D eigenvalue weighted by atomic mass is 16.5. The third-order valence-corrected chi connectivity index (χ3v) is 4.29. The maximum atomic E-state index is 11.9. The standard InChI is InChI=1S/C21H27N3O3/c1-5-24(6-2)18-11-10-17(19(25)12-18)13-22-23-20(26)14-27-21-15(3)8-7-9-16(21)4/h7-13,25H,5-6,14H2,1-4H3,(H,23,26)/b22-13-. The van der Waals surface area contributed by atoms with E-state index < -0.39 is 0 Å². The molecule has 6 nitrogen and oxygen atoms in total. The normalized spacial score (nSPS) is 10.8. The Hall–Kier alpha value is -3.02. The third-order valence-electron chi connectivity index (χ3n) is 4.29. The quantitative estimate of drug-likeness (QED) is 0.553. The molecule has 2 rings (SSSR count). The summed E-state index contributed by atoms with van der Waals surface area (Å²) in [5.41, 5.74) is 5.84. The fourth-order valence-electron chi connectivity index (χ4n) is 2.80. The molecule has 27 heavy (non-hydrogen) atoms. The van der Waals surface area contributed by atoms with Gasteiger partial charge in [0.15, 0.2) is 6.61 Å². The molecule has 0 radical (unpaired) electrons. The van der Waals surface area contributed by atoms with Gasteiger partial charge in [-0.15, -0.1) is 0 Å². The van der Waals surface area contributed by atoms with E-state index in [2.05, 4.69) is 29.3 Å². The summed E-state index contributed by atoms with van der Waals surface area (Å²) >= 11 is 0. The minimum absolute atomic E-state index is 0.115. The second-order valence-corrected chi connectivity index (χ2v) is 6.22. The van der Waals surface area contributed by atoms with Gasteiger partial charge in [-0.3, -0.25) is 4.79 Å². The Bertz CT molecular complexity index is 794. The first kappa shape index (κ1) is 20.3. The molecule has 0 heterocycles. The van der Waals surface area contributed by atoms with Crippen LogP contribution in [-0.2, 0) is 4.79 Å². The van der Waals surface area contributed by atoms with E-state index in [1.807, 2.05) is 38.1 Å². The van der Waals surface area contributed by atoms with Crippen molar-refractivity contribution in [2.75, 3.05) is 24.6 Å². The molecule has 0 saturated carbocycles. The molecule has 0 aliphatic rings. The average Bonchev–Trinajstić information content (AvgIpc) is 2.64. The summed E-state index contributed by atoms with van der Waals surface area (Å²) in [6.07, 6.45) is 1.41. The van der Waals surface area contributed by atoms with Gasteiger partial charge in [-0.25, -0.2) is 5.43 Å². The van der Waals surface area contributed by atoms with Crippen LogP contribution in [0.4, 0.5) is 5.69 Å². The van der Waals surface area contributed by atoms with Gasteiger partial charge in [-0.1, -0.05) is 18.2 Å². The predicted octanol–water partition coefficient (Wildman–Crippen LogP) is 3.38. The van der Waals surface area contributed by atoms with E-state index in [-0.39, 0.29) is 18.3 Å². The van der Waals surface area contributed by atoms with Crippen molar-refractivity contribution in [3.63, 3.8) is 0 Å². The highest BCUT2D eigenvalue weighted by Gasteiger charge is 2.08. The lowest BCUT2D eigenvalue weighted by molar-refractivity contribution is -0.123. The van der Waals surface area contributed by atoms with Crippen LogP contribution in [0.2, 0.25) is 0 Å². The summed E-state index contributed by atoms with van der Waals surface area (Å²) in [4.78, 5) is 14.0. The predicted molar refractivity (Wildman–Crippen MR) is 109 cm³/mol. The van der Waals surface area contributed by atoms with Gasteiger partial charge in [0.25, 0.3) is 5.91 Å². The number of amides is 1. The Morgan fingerprint density at radius 1 is 1.19 bits per heavy atom. The van der Waals surface area contributed by atoms with E-state index in [1.165, 1.54) is 6.21 Å². The van der Waals surface area contributed by atoms with Crippen molar-refractivity contribution in [2.45, 2.75) is 27.7 Å². The number of phenolic OH excluding ortho intramolecular Hbond substituents is 1. The summed E-state index contributed by atoms with van der Waals surface area (Å²) in [7, 11) is 0. The second kappa shape index (κ2) is 9.62. The molecule has 0 bridgehead atoms. The molecule has 1 amide bonds. The first-order chi connectivity index (χ1) is 13.0. The number of nitrogens with one attached hydrogen (secondary N) is 1. The average molecular weight is 369 g/mol. The first-order valence-electron chi connectivity index (χ1n) is 9.05. The number of phenols is 1. The summed E-state index contributed by atoms with van der Waals surface area (Å²) in [6.45, 7) is 9.58. The van der Waals surface area contributed by atoms with Gasteiger partial charge < -0.3 is 14.7 Å². The molecule has 2 aromatic rings. The van der Waals surface area contributed by atoms with Crippen molar-refractivity contribution >= 4 is 17.8 Å². The van der Waals surface area contributed by atoms with Crippen LogP contribution in [0.1, 0.15) is 30.5 Å². The van der Waals surface area contributed by atoms with Crippen LogP contribution in [0.5, 0.6) is 11.5 Å². The molecule has 0 aromatic heterocycles. The summed E-state index contributed by atoms with van der Waals surface area (Å²) < 4.78 is 5.58. The lowest BCUT2D eigenvalue weighted by Gasteiger charge is -2.21. The highest BCUT2D eigenvalue weighted by molar-refractivity contribution is 5.86. The number of para-hydroxylation sites is 1. The molecule has 0 atom stereocenters. The number of hydrazone groups is 1. The largest absolute Gasteiger partial charge is 0.507 e. The molecule has 6 heteroatoms. The minimum atomic E-state index is -0.367. The lowest BCUT2D eigenvalue weighted by atomic mass is 10.1. The zero-order valence-electron chi connectivity index (χ0n) is 16.3. The fraction of sp³-hybridized carbons (Fsp3) is 0.333. The highest BCUT2D eigenvalue weighted by Crippen LogP contribution is 2.24. The number of rotatable bonds is 8. The van der Waals surface area contributed by atoms with Gasteiger partial charge in [0, 0.05) is 30.4 Å². The minimum Gasteiger partial charge on any atom is -0.507 e. The Labute approximate surface area is 160 Å². The lowest BCUT2D eigenvalue weighted by Crippen LogP contribution is -2.25. The van der Waals surface area contributed by atoms with Crippen molar-refractivity contribution in [3.05, 3.63) is 53.1 Å². The maximum Gasteiger partial charge on any atom is 0.277 e. The summed E-state index contributed by atoms with van der Waals surface area (Å²) in [5.74, 6) is 0.457. The Morgan fingerprint density at radius 2 is 1.85 bits per heavy atom. The Balaban J connectivity index is 1.92. The summed E-state index contributed by atoms with van der Waals surface area (Å²) in [6, 6.07) is 11.2. The van der Waals surface area contributed by atoms with Crippen molar-refractivity contribution in [1.29, 1.82) is 0 Å². The fourth-order valence-corrected chi connectivity index (χ4v) is 2.80. The number of nitrogens with zero attached hydrogens (tertiary/aromatic N) is 2. The van der Waals surface area contributed by atoms with E-state index in [0.29, 0.717) is 11.3 Å². The number of carbonyl (C=O) groups excluding carboxylic acids is 1. The van der Waals surface area contributed by atoms with Crippen LogP contribution in [0.25, 0.3) is 0 Å². The van der Waals surface area contributed by atoms with Gasteiger partial charge in [0.2, 0.25) is 0 Å². The summed E-state index contributed by atoms with van der Waals surface area (Å²) in [5, 5.41) is 14.1. The Morgan fingerprint density at radius 3 is 2.44 bits per heavy atom. The van der Waals surface area contributed by atoms with Gasteiger partial charge in [-0.2, -0.15) is 5.10 Å². The number of aryl methyl sites for hydroxylation is 2. The topological polar surface area (TPSA) is 74.2 Å². The van der Waals surface area contributed by atoms with Crippen molar-refractivity contribution in [2.24, 2.45) is 5.10 Å². The molecule has 0 aliphatic carbocycles.